The number of carbonyl (C=O) groups excluding carboxylic acids is 1. The highest BCUT2D eigenvalue weighted by Crippen LogP contribution is 2.29. The molecule has 0 bridgehead atoms. The molecule has 0 aliphatic carbocycles. The highest BCUT2D eigenvalue weighted by atomic mass is 16.7. The Morgan fingerprint density at radius 1 is 1.24 bits per heavy atom. The molecule has 0 radical (unpaired) electrons. The van der Waals surface area contributed by atoms with Gasteiger partial charge in [-0.1, -0.05) is 30.3 Å². The molecule has 0 aromatic heterocycles. The fourth-order valence-corrected chi connectivity index (χ4v) is 1.99. The van der Waals surface area contributed by atoms with Crippen LogP contribution < -0.4 is 5.32 Å². The van der Waals surface area contributed by atoms with Crippen molar-refractivity contribution in [3.05, 3.63) is 35.9 Å². The maximum atomic E-state index is 11.1. The van der Waals surface area contributed by atoms with Crippen LogP contribution in [0, 0.1) is 0 Å². The SMILES string of the molecule is COC(OC)(c1ccccc1)C(C)NC(C)=O. The third-order valence-corrected chi connectivity index (χ3v) is 2.77. The smallest absolute Gasteiger partial charge is 0.217 e. The summed E-state index contributed by atoms with van der Waals surface area (Å²) < 4.78 is 11.0. The minimum atomic E-state index is -0.965. The van der Waals surface area contributed by atoms with Crippen LogP contribution in [-0.4, -0.2) is 26.2 Å². The second kappa shape index (κ2) is 5.80. The molecule has 4 nitrogen and oxygen atoms in total. The van der Waals surface area contributed by atoms with Crippen molar-refractivity contribution in [2.24, 2.45) is 0 Å². The molecule has 17 heavy (non-hydrogen) atoms. The van der Waals surface area contributed by atoms with Gasteiger partial charge in [0.25, 0.3) is 0 Å². The monoisotopic (exact) mass is 237 g/mol. The van der Waals surface area contributed by atoms with Gasteiger partial charge in [0, 0.05) is 26.7 Å². The molecule has 1 amide bonds. The van der Waals surface area contributed by atoms with Crippen LogP contribution >= 0.6 is 0 Å². The summed E-state index contributed by atoms with van der Waals surface area (Å²) in [5.74, 6) is -1.08. The van der Waals surface area contributed by atoms with Crippen molar-refractivity contribution < 1.29 is 14.3 Å². The third-order valence-electron chi connectivity index (χ3n) is 2.77. The average Bonchev–Trinajstić information content (AvgIpc) is 2.32. The molecule has 1 N–H and O–H groups in total. The predicted octanol–water partition coefficient (Wildman–Crippen LogP) is 1.66. The summed E-state index contributed by atoms with van der Waals surface area (Å²) in [4.78, 5) is 11.1. The second-order valence-electron chi connectivity index (χ2n) is 3.86. The van der Waals surface area contributed by atoms with Crippen molar-refractivity contribution >= 4 is 5.91 Å². The molecule has 1 rings (SSSR count). The largest absolute Gasteiger partial charge is 0.348 e. The van der Waals surface area contributed by atoms with Crippen molar-refractivity contribution in [1.82, 2.24) is 5.32 Å². The first-order valence-electron chi connectivity index (χ1n) is 5.49. The van der Waals surface area contributed by atoms with Crippen LogP contribution in [0.25, 0.3) is 0 Å². The molecule has 0 heterocycles. The fraction of sp³-hybridized carbons (Fsp3) is 0.462. The number of ether oxygens (including phenoxy) is 2. The van der Waals surface area contributed by atoms with Gasteiger partial charge in [0.1, 0.15) is 0 Å². The average molecular weight is 237 g/mol. The molecule has 94 valence electrons. The summed E-state index contributed by atoms with van der Waals surface area (Å²) in [6.07, 6.45) is 0. The standard InChI is InChI=1S/C13H19NO3/c1-10(14-11(2)15)13(16-3,17-4)12-8-6-5-7-9-12/h5-10H,1-4H3,(H,14,15). The zero-order valence-corrected chi connectivity index (χ0v) is 10.7. The molecule has 0 aliphatic heterocycles. The number of carbonyl (C=O) groups is 1. The van der Waals surface area contributed by atoms with E-state index in [1.807, 2.05) is 37.3 Å². The number of methoxy groups -OCH3 is 2. The van der Waals surface area contributed by atoms with Gasteiger partial charge < -0.3 is 14.8 Å². The lowest BCUT2D eigenvalue weighted by Gasteiger charge is -2.36. The van der Waals surface area contributed by atoms with Gasteiger partial charge in [-0.2, -0.15) is 0 Å². The van der Waals surface area contributed by atoms with Gasteiger partial charge in [0.2, 0.25) is 11.7 Å². The van der Waals surface area contributed by atoms with Crippen molar-refractivity contribution in [2.45, 2.75) is 25.7 Å². The molecule has 0 saturated carbocycles. The lowest BCUT2D eigenvalue weighted by atomic mass is 9.98. The second-order valence-corrected chi connectivity index (χ2v) is 3.86. The van der Waals surface area contributed by atoms with E-state index in [0.29, 0.717) is 0 Å². The molecule has 4 heteroatoms. The number of rotatable bonds is 5. The zero-order valence-electron chi connectivity index (χ0n) is 10.7. The van der Waals surface area contributed by atoms with Crippen LogP contribution in [0.3, 0.4) is 0 Å². The van der Waals surface area contributed by atoms with E-state index in [1.165, 1.54) is 6.92 Å². The van der Waals surface area contributed by atoms with Gasteiger partial charge in [-0.05, 0) is 6.92 Å². The zero-order chi connectivity index (χ0) is 12.9. The van der Waals surface area contributed by atoms with E-state index in [9.17, 15) is 4.79 Å². The number of hydrogen-bond acceptors (Lipinski definition) is 3. The van der Waals surface area contributed by atoms with Crippen LogP contribution in [0.15, 0.2) is 30.3 Å². The lowest BCUT2D eigenvalue weighted by Crippen LogP contribution is -2.50. The summed E-state index contributed by atoms with van der Waals surface area (Å²) >= 11 is 0. The summed E-state index contributed by atoms with van der Waals surface area (Å²) in [5, 5.41) is 2.80. The Morgan fingerprint density at radius 3 is 2.18 bits per heavy atom. The maximum absolute atomic E-state index is 11.1. The summed E-state index contributed by atoms with van der Waals surface area (Å²) in [5.41, 5.74) is 0.867. The van der Waals surface area contributed by atoms with E-state index < -0.39 is 5.79 Å². The molecule has 1 unspecified atom stereocenters. The van der Waals surface area contributed by atoms with Gasteiger partial charge >= 0.3 is 0 Å². The molecular formula is C13H19NO3. The number of hydrogen-bond donors (Lipinski definition) is 1. The van der Waals surface area contributed by atoms with Crippen molar-refractivity contribution in [3.8, 4) is 0 Å². The van der Waals surface area contributed by atoms with E-state index in [1.54, 1.807) is 14.2 Å². The summed E-state index contributed by atoms with van der Waals surface area (Å²) in [6.45, 7) is 3.32. The van der Waals surface area contributed by atoms with E-state index in [0.717, 1.165) is 5.56 Å². The van der Waals surface area contributed by atoms with Crippen molar-refractivity contribution in [1.29, 1.82) is 0 Å². The van der Waals surface area contributed by atoms with Crippen LogP contribution in [-0.2, 0) is 20.1 Å². The highest BCUT2D eigenvalue weighted by molar-refractivity contribution is 5.73. The van der Waals surface area contributed by atoms with Crippen LogP contribution in [0.5, 0.6) is 0 Å². The number of benzene rings is 1. The Kier molecular flexibility index (Phi) is 4.66. The number of nitrogens with one attached hydrogen (secondary N) is 1. The lowest BCUT2D eigenvalue weighted by molar-refractivity contribution is -0.232. The first kappa shape index (κ1) is 13.7. The van der Waals surface area contributed by atoms with Crippen LogP contribution in [0.1, 0.15) is 19.4 Å². The predicted molar refractivity (Wildman–Crippen MR) is 65.4 cm³/mol. The molecular weight excluding hydrogens is 218 g/mol. The Morgan fingerprint density at radius 2 is 1.76 bits per heavy atom. The van der Waals surface area contributed by atoms with Gasteiger partial charge in [0.05, 0.1) is 6.04 Å². The Bertz CT molecular complexity index is 360. The Balaban J connectivity index is 3.08. The first-order valence-corrected chi connectivity index (χ1v) is 5.49. The minimum Gasteiger partial charge on any atom is -0.348 e. The highest BCUT2D eigenvalue weighted by Gasteiger charge is 2.39. The molecule has 1 aromatic carbocycles. The minimum absolute atomic E-state index is 0.119. The quantitative estimate of drug-likeness (QED) is 0.792. The van der Waals surface area contributed by atoms with Gasteiger partial charge in [-0.15, -0.1) is 0 Å². The fourth-order valence-electron chi connectivity index (χ4n) is 1.99. The van der Waals surface area contributed by atoms with E-state index in [-0.39, 0.29) is 11.9 Å². The van der Waals surface area contributed by atoms with Gasteiger partial charge in [-0.3, -0.25) is 4.79 Å². The van der Waals surface area contributed by atoms with Gasteiger partial charge in [-0.25, -0.2) is 0 Å². The Labute approximate surface area is 102 Å². The maximum Gasteiger partial charge on any atom is 0.217 e. The number of amides is 1. The topological polar surface area (TPSA) is 47.6 Å². The molecule has 1 atom stereocenters. The third kappa shape index (κ3) is 2.84. The van der Waals surface area contributed by atoms with E-state index in [4.69, 9.17) is 9.47 Å². The van der Waals surface area contributed by atoms with Crippen LogP contribution in [0.2, 0.25) is 0 Å². The van der Waals surface area contributed by atoms with Crippen molar-refractivity contribution in [2.75, 3.05) is 14.2 Å². The molecule has 0 spiro atoms. The van der Waals surface area contributed by atoms with E-state index in [2.05, 4.69) is 5.32 Å². The van der Waals surface area contributed by atoms with Gasteiger partial charge in [0.15, 0.2) is 0 Å². The van der Waals surface area contributed by atoms with Crippen molar-refractivity contribution in [3.63, 3.8) is 0 Å². The Hall–Kier alpha value is -1.39. The molecule has 0 aliphatic rings. The molecule has 1 aromatic rings. The summed E-state index contributed by atoms with van der Waals surface area (Å²) in [7, 11) is 3.13. The molecule has 0 saturated heterocycles. The summed E-state index contributed by atoms with van der Waals surface area (Å²) in [6, 6.07) is 9.25. The van der Waals surface area contributed by atoms with Crippen LogP contribution in [0.4, 0.5) is 0 Å². The van der Waals surface area contributed by atoms with E-state index >= 15 is 0 Å². The normalized spacial score (nSPS) is 13.2. The first-order chi connectivity index (χ1) is 8.06. The molecule has 0 fully saturated rings.